The molecule has 0 bridgehead atoms. The molecule has 3 nitrogen and oxygen atoms in total. The average Bonchev–Trinajstić information content (AvgIpc) is 3.01. The van der Waals surface area contributed by atoms with Gasteiger partial charge >= 0.3 is 0 Å². The first kappa shape index (κ1) is 13.7. The monoisotopic (exact) mass is 365 g/mol. The lowest BCUT2D eigenvalue weighted by atomic mass is 10.3. The molecule has 3 aromatic rings. The smallest absolute Gasteiger partial charge is 0.211 e. The van der Waals surface area contributed by atoms with Crippen molar-refractivity contribution in [2.24, 2.45) is 17.3 Å². The van der Waals surface area contributed by atoms with Gasteiger partial charge in [-0.2, -0.15) is 5.10 Å². The number of benzene rings is 1. The van der Waals surface area contributed by atoms with Crippen molar-refractivity contribution in [1.82, 2.24) is 4.57 Å². The summed E-state index contributed by atoms with van der Waals surface area (Å²) in [5.74, 6) is 0. The molecule has 0 atom stereocenters. The van der Waals surface area contributed by atoms with Crippen LogP contribution in [-0.2, 0) is 7.05 Å². The summed E-state index contributed by atoms with van der Waals surface area (Å²) < 4.78 is 4.40. The van der Waals surface area contributed by atoms with Crippen molar-refractivity contribution < 1.29 is 0 Å². The summed E-state index contributed by atoms with van der Waals surface area (Å²) in [5.41, 5.74) is 2.11. The minimum atomic E-state index is 0.904. The van der Waals surface area contributed by atoms with E-state index in [0.29, 0.717) is 0 Å². The van der Waals surface area contributed by atoms with Gasteiger partial charge in [-0.05, 0) is 47.1 Å². The maximum atomic E-state index is 4.39. The Balaban J connectivity index is 2.04. The first-order chi connectivity index (χ1) is 9.65. The van der Waals surface area contributed by atoms with Crippen LogP contribution in [0.25, 0.3) is 10.2 Å². The molecule has 0 radical (unpaired) electrons. The first-order valence-corrected chi connectivity index (χ1v) is 8.46. The van der Waals surface area contributed by atoms with E-state index in [2.05, 4.69) is 42.8 Å². The standard InChI is InChI=1S/C14H12BrN3S2/c1-9(11-7-8-13(15)19-11)16-17-14-18(2)10-5-3-4-6-12(10)20-14/h3-8H,1-2H3. The van der Waals surface area contributed by atoms with Crippen molar-refractivity contribution >= 4 is 54.5 Å². The number of hydrogen-bond acceptors (Lipinski definition) is 4. The summed E-state index contributed by atoms with van der Waals surface area (Å²) in [6.07, 6.45) is 0. The zero-order valence-corrected chi connectivity index (χ0v) is 14.2. The third kappa shape index (κ3) is 2.63. The minimum absolute atomic E-state index is 0.904. The van der Waals surface area contributed by atoms with Gasteiger partial charge in [-0.15, -0.1) is 16.4 Å². The lowest BCUT2D eigenvalue weighted by Crippen LogP contribution is -2.09. The summed E-state index contributed by atoms with van der Waals surface area (Å²) in [5, 5.41) is 8.74. The quantitative estimate of drug-likeness (QED) is 0.476. The molecule has 0 N–H and O–H groups in total. The Hall–Kier alpha value is -1.24. The van der Waals surface area contributed by atoms with Crippen molar-refractivity contribution in [3.05, 3.63) is 49.9 Å². The van der Waals surface area contributed by atoms with Crippen molar-refractivity contribution in [3.8, 4) is 0 Å². The minimum Gasteiger partial charge on any atom is -0.318 e. The molecule has 0 saturated heterocycles. The topological polar surface area (TPSA) is 29.6 Å². The summed E-state index contributed by atoms with van der Waals surface area (Å²) in [7, 11) is 2.02. The molecule has 0 saturated carbocycles. The van der Waals surface area contributed by atoms with Crippen LogP contribution in [0.5, 0.6) is 0 Å². The van der Waals surface area contributed by atoms with E-state index in [0.717, 1.165) is 19.2 Å². The Bertz CT molecular complexity index is 855. The van der Waals surface area contributed by atoms with Gasteiger partial charge < -0.3 is 4.57 Å². The zero-order valence-electron chi connectivity index (χ0n) is 11.0. The van der Waals surface area contributed by atoms with E-state index in [-0.39, 0.29) is 0 Å². The second-order valence-electron chi connectivity index (χ2n) is 4.30. The first-order valence-electron chi connectivity index (χ1n) is 6.04. The lowest BCUT2D eigenvalue weighted by molar-refractivity contribution is 0.888. The second kappa shape index (κ2) is 5.63. The van der Waals surface area contributed by atoms with E-state index in [1.54, 1.807) is 22.7 Å². The van der Waals surface area contributed by atoms with Crippen molar-refractivity contribution in [2.75, 3.05) is 0 Å². The SMILES string of the molecule is CC(=NN=c1sc2ccccc2n1C)c1ccc(Br)s1. The van der Waals surface area contributed by atoms with Gasteiger partial charge in [0.2, 0.25) is 4.80 Å². The molecule has 0 amide bonds. The Kier molecular flexibility index (Phi) is 3.87. The van der Waals surface area contributed by atoms with Crippen LogP contribution in [0.3, 0.4) is 0 Å². The van der Waals surface area contributed by atoms with E-state index in [1.807, 2.05) is 38.2 Å². The number of rotatable bonds is 2. The van der Waals surface area contributed by atoms with Crippen LogP contribution in [0.2, 0.25) is 0 Å². The highest BCUT2D eigenvalue weighted by atomic mass is 79.9. The van der Waals surface area contributed by atoms with Crippen LogP contribution in [0.1, 0.15) is 11.8 Å². The van der Waals surface area contributed by atoms with E-state index in [9.17, 15) is 0 Å². The Morgan fingerprint density at radius 2 is 1.95 bits per heavy atom. The maximum Gasteiger partial charge on any atom is 0.211 e. The van der Waals surface area contributed by atoms with Gasteiger partial charge in [0.15, 0.2) is 0 Å². The molecule has 3 rings (SSSR count). The van der Waals surface area contributed by atoms with E-state index in [4.69, 9.17) is 0 Å². The van der Waals surface area contributed by atoms with E-state index in [1.165, 1.54) is 10.2 Å². The highest BCUT2D eigenvalue weighted by Gasteiger charge is 2.02. The van der Waals surface area contributed by atoms with Gasteiger partial charge in [-0.25, -0.2) is 0 Å². The molecule has 102 valence electrons. The predicted molar refractivity (Wildman–Crippen MR) is 90.6 cm³/mol. The van der Waals surface area contributed by atoms with Gasteiger partial charge in [0.1, 0.15) is 0 Å². The number of fused-ring (bicyclic) bond motifs is 1. The molecule has 0 aliphatic carbocycles. The Morgan fingerprint density at radius 1 is 1.15 bits per heavy atom. The van der Waals surface area contributed by atoms with Crippen LogP contribution in [0.15, 0.2) is 50.4 Å². The molecular weight excluding hydrogens is 354 g/mol. The van der Waals surface area contributed by atoms with E-state index < -0.39 is 0 Å². The number of hydrogen-bond donors (Lipinski definition) is 0. The third-order valence-electron chi connectivity index (χ3n) is 2.93. The zero-order chi connectivity index (χ0) is 14.1. The van der Waals surface area contributed by atoms with Crippen molar-refractivity contribution in [1.29, 1.82) is 0 Å². The van der Waals surface area contributed by atoms with Gasteiger partial charge in [0.05, 0.1) is 24.6 Å². The number of thiazole rings is 1. The van der Waals surface area contributed by atoms with Crippen LogP contribution >= 0.6 is 38.6 Å². The Labute approximate surface area is 133 Å². The van der Waals surface area contributed by atoms with Gasteiger partial charge in [0.25, 0.3) is 0 Å². The van der Waals surface area contributed by atoms with E-state index >= 15 is 0 Å². The fraction of sp³-hybridized carbons (Fsp3) is 0.143. The average molecular weight is 366 g/mol. The predicted octanol–water partition coefficient (Wildman–Crippen LogP) is 4.39. The Morgan fingerprint density at radius 3 is 2.65 bits per heavy atom. The highest BCUT2D eigenvalue weighted by molar-refractivity contribution is 9.11. The molecule has 1 aromatic carbocycles. The van der Waals surface area contributed by atoms with Gasteiger partial charge in [0, 0.05) is 7.05 Å². The second-order valence-corrected chi connectivity index (χ2v) is 7.77. The molecule has 6 heteroatoms. The molecule has 0 unspecified atom stereocenters. The van der Waals surface area contributed by atoms with Crippen LogP contribution < -0.4 is 4.80 Å². The van der Waals surface area contributed by atoms with Crippen molar-refractivity contribution in [3.63, 3.8) is 0 Å². The molecule has 2 aromatic heterocycles. The number of aromatic nitrogens is 1. The van der Waals surface area contributed by atoms with Gasteiger partial charge in [-0.3, -0.25) is 0 Å². The molecule has 0 spiro atoms. The normalized spacial score (nSPS) is 13.3. The number of halogens is 1. The summed E-state index contributed by atoms with van der Waals surface area (Å²) >= 11 is 6.77. The van der Waals surface area contributed by atoms with Crippen molar-refractivity contribution in [2.45, 2.75) is 6.92 Å². The summed E-state index contributed by atoms with van der Waals surface area (Å²) in [6, 6.07) is 12.4. The maximum absolute atomic E-state index is 4.39. The molecule has 0 fully saturated rings. The number of aryl methyl sites for hydroxylation is 1. The van der Waals surface area contributed by atoms with Gasteiger partial charge in [-0.1, -0.05) is 23.5 Å². The van der Waals surface area contributed by atoms with Crippen LogP contribution in [-0.4, -0.2) is 10.3 Å². The molecule has 0 aliphatic heterocycles. The summed E-state index contributed by atoms with van der Waals surface area (Å²) in [6.45, 7) is 1.98. The van der Waals surface area contributed by atoms with Crippen LogP contribution in [0.4, 0.5) is 0 Å². The highest BCUT2D eigenvalue weighted by Crippen LogP contribution is 2.22. The number of para-hydroxylation sites is 1. The fourth-order valence-corrected chi connectivity index (χ4v) is 4.15. The largest absolute Gasteiger partial charge is 0.318 e. The molecule has 0 aliphatic rings. The summed E-state index contributed by atoms with van der Waals surface area (Å²) in [4.78, 5) is 2.03. The third-order valence-corrected chi connectivity index (χ3v) is 5.77. The molecule has 2 heterocycles. The number of nitrogens with zero attached hydrogens (tertiary/aromatic N) is 3. The molecular formula is C14H12BrN3S2. The molecule has 20 heavy (non-hydrogen) atoms. The number of thiophene rings is 1. The van der Waals surface area contributed by atoms with Crippen LogP contribution in [0, 0.1) is 0 Å². The fourth-order valence-electron chi connectivity index (χ4n) is 1.85. The lowest BCUT2D eigenvalue weighted by Gasteiger charge is -1.93.